The average Bonchev–Trinajstić information content (AvgIpc) is 3.27. The number of benzene rings is 1. The summed E-state index contributed by atoms with van der Waals surface area (Å²) in [6.07, 6.45) is 3.11. The number of aromatic nitrogens is 2. The Kier molecular flexibility index (Phi) is 3.85. The van der Waals surface area contributed by atoms with Crippen molar-refractivity contribution in [3.63, 3.8) is 0 Å². The number of carbonyl (C=O) groups is 1. The van der Waals surface area contributed by atoms with Gasteiger partial charge in [0.2, 0.25) is 5.95 Å². The van der Waals surface area contributed by atoms with E-state index in [0.29, 0.717) is 37.6 Å². The van der Waals surface area contributed by atoms with Crippen LogP contribution in [0.3, 0.4) is 0 Å². The topological polar surface area (TPSA) is 81.6 Å². The molecule has 0 spiro atoms. The maximum Gasteiger partial charge on any atom is 0.310 e. The van der Waals surface area contributed by atoms with E-state index in [9.17, 15) is 24.2 Å². The minimum absolute atomic E-state index is 0.0649. The maximum atomic E-state index is 13.1. The normalized spacial score (nSPS) is 23.7. The summed E-state index contributed by atoms with van der Waals surface area (Å²) in [5, 5.41) is 8.61. The lowest BCUT2D eigenvalue weighted by molar-refractivity contribution is 0.0705. The Morgan fingerprint density at radius 2 is 1.69 bits per heavy atom. The highest BCUT2D eigenvalue weighted by atomic mass is 32.5. The number of anilines is 2. The number of nitrogens with one attached hydrogen (secondary N) is 1. The van der Waals surface area contributed by atoms with E-state index < -0.39 is 21.0 Å². The largest absolute Gasteiger partial charge is 0.365 e. The van der Waals surface area contributed by atoms with Crippen LogP contribution >= 0.6 is 10.2 Å². The Labute approximate surface area is 161 Å². The van der Waals surface area contributed by atoms with Gasteiger partial charge in [0, 0.05) is 37.2 Å². The van der Waals surface area contributed by atoms with E-state index in [2.05, 4.69) is 9.97 Å². The molecule has 2 aliphatic rings. The molecule has 0 unspecified atom stereocenters. The maximum absolute atomic E-state index is 13.1. The third-order valence-electron chi connectivity index (χ3n) is 5.09. The van der Waals surface area contributed by atoms with Crippen molar-refractivity contribution in [2.45, 2.75) is 23.4 Å². The summed E-state index contributed by atoms with van der Waals surface area (Å²) in [5.74, 6) is -0.415. The molecule has 0 saturated carbocycles. The molecule has 2 fully saturated rings. The molecule has 0 aliphatic carbocycles. The Morgan fingerprint density at radius 3 is 2.24 bits per heavy atom. The monoisotopic (exact) mass is 437 g/mol. The summed E-state index contributed by atoms with van der Waals surface area (Å²) in [6, 6.07) is 2.98. The second-order valence-corrected chi connectivity index (χ2v) is 9.44. The van der Waals surface area contributed by atoms with Gasteiger partial charge in [0.1, 0.15) is 4.90 Å². The number of piperazine rings is 1. The van der Waals surface area contributed by atoms with E-state index in [1.807, 2.05) is 4.90 Å². The van der Waals surface area contributed by atoms with Crippen LogP contribution < -0.4 is 15.3 Å². The summed E-state index contributed by atoms with van der Waals surface area (Å²) < 4.78 is 65.6. The summed E-state index contributed by atoms with van der Waals surface area (Å²) in [5.41, 5.74) is 1.63. The lowest BCUT2D eigenvalue weighted by Gasteiger charge is -2.41. The Bertz CT molecular complexity index is 973. The minimum Gasteiger partial charge on any atom is -0.365 e. The van der Waals surface area contributed by atoms with Gasteiger partial charge in [-0.3, -0.25) is 10.0 Å². The first kappa shape index (κ1) is 19.6. The third kappa shape index (κ3) is 3.67. The van der Waals surface area contributed by atoms with Gasteiger partial charge in [-0.05, 0) is 24.6 Å². The Morgan fingerprint density at radius 1 is 1.07 bits per heavy atom. The quantitative estimate of drug-likeness (QED) is 0.431. The van der Waals surface area contributed by atoms with Crippen LogP contribution in [0.5, 0.6) is 0 Å². The molecule has 2 atom stereocenters. The van der Waals surface area contributed by atoms with Crippen LogP contribution in [0.2, 0.25) is 0 Å². The van der Waals surface area contributed by atoms with Crippen LogP contribution in [0.15, 0.2) is 41.6 Å². The van der Waals surface area contributed by atoms with Crippen molar-refractivity contribution in [2.24, 2.45) is 0 Å². The summed E-state index contributed by atoms with van der Waals surface area (Å²) in [6.45, 7) is 0.730. The van der Waals surface area contributed by atoms with Crippen molar-refractivity contribution < 1.29 is 29.4 Å². The molecule has 29 heavy (non-hydrogen) atoms. The SMILES string of the molecule is O=C(NO)c1cnc(N2C[C@H]3C[C@@H]2CN3c2cccc(S(F)(F)(F)(F)F)c2)nc1. The zero-order valence-electron chi connectivity index (χ0n) is 14.7. The number of hydrogen-bond acceptors (Lipinski definition) is 6. The standard InChI is InChI=1S/C16H16F5N5O2S/c17-29(18,19,20,21)14-3-1-2-11(5-14)25-8-13-4-12(25)9-26(13)16-22-6-10(7-23-16)15(27)24-28/h1-3,5-7,12-13,28H,4,8-9H2,(H,24,27)/t12-,13-/m1/s1. The summed E-state index contributed by atoms with van der Waals surface area (Å²) in [4.78, 5) is 21.1. The molecule has 2 aromatic rings. The number of fused-ring (bicyclic) bond motifs is 2. The fourth-order valence-electron chi connectivity index (χ4n) is 3.78. The van der Waals surface area contributed by atoms with Gasteiger partial charge >= 0.3 is 10.2 Å². The van der Waals surface area contributed by atoms with Gasteiger partial charge in [0.15, 0.2) is 0 Å². The van der Waals surface area contributed by atoms with Crippen LogP contribution in [0, 0.1) is 0 Å². The molecule has 0 radical (unpaired) electrons. The molecule has 158 valence electrons. The number of halogens is 5. The number of hydrogen-bond donors (Lipinski definition) is 2. The second kappa shape index (κ2) is 5.69. The lowest BCUT2D eigenvalue weighted by Crippen LogP contribution is -2.47. The smallest absolute Gasteiger partial charge is 0.310 e. The first-order valence-electron chi connectivity index (χ1n) is 8.49. The number of carbonyl (C=O) groups excluding carboxylic acids is 1. The minimum atomic E-state index is -9.74. The van der Waals surface area contributed by atoms with Crippen molar-refractivity contribution in [3.8, 4) is 0 Å². The Hall–Kier alpha value is -2.67. The van der Waals surface area contributed by atoms with Crippen LogP contribution in [0.4, 0.5) is 31.1 Å². The van der Waals surface area contributed by atoms with Crippen molar-refractivity contribution in [1.82, 2.24) is 15.4 Å². The van der Waals surface area contributed by atoms with Crippen LogP contribution in [-0.2, 0) is 0 Å². The lowest BCUT2D eigenvalue weighted by atomic mass is 10.2. The molecular formula is C16H16F5N5O2S. The van der Waals surface area contributed by atoms with Gasteiger partial charge in [-0.2, -0.15) is 0 Å². The first-order valence-corrected chi connectivity index (χ1v) is 10.4. The van der Waals surface area contributed by atoms with Gasteiger partial charge in [-0.1, -0.05) is 25.5 Å². The van der Waals surface area contributed by atoms with Crippen LogP contribution in [0.1, 0.15) is 16.8 Å². The molecular weight excluding hydrogens is 421 g/mol. The number of amides is 1. The third-order valence-corrected chi connectivity index (χ3v) is 6.24. The molecule has 1 amide bonds. The van der Waals surface area contributed by atoms with E-state index in [0.717, 1.165) is 6.07 Å². The summed E-state index contributed by atoms with van der Waals surface area (Å²) >= 11 is 0. The summed E-state index contributed by atoms with van der Waals surface area (Å²) in [7, 11) is -9.74. The first-order chi connectivity index (χ1) is 13.4. The number of rotatable bonds is 4. The molecule has 4 rings (SSSR count). The molecule has 1 aromatic carbocycles. The molecule has 2 saturated heterocycles. The molecule has 2 aliphatic heterocycles. The van der Waals surface area contributed by atoms with Gasteiger partial charge in [-0.15, -0.1) is 0 Å². The van der Waals surface area contributed by atoms with Crippen LogP contribution in [-0.4, -0.2) is 46.3 Å². The molecule has 3 heterocycles. The molecule has 1 aromatic heterocycles. The molecule has 2 bridgehead atoms. The van der Waals surface area contributed by atoms with E-state index in [1.165, 1.54) is 23.9 Å². The predicted octanol–water partition coefficient (Wildman–Crippen LogP) is 3.72. The highest BCUT2D eigenvalue weighted by Crippen LogP contribution is 3.02. The highest BCUT2D eigenvalue weighted by Gasteiger charge is 2.65. The highest BCUT2D eigenvalue weighted by molar-refractivity contribution is 8.45. The van der Waals surface area contributed by atoms with Gasteiger partial charge < -0.3 is 9.80 Å². The average molecular weight is 437 g/mol. The fourth-order valence-corrected chi connectivity index (χ4v) is 4.46. The van der Waals surface area contributed by atoms with E-state index in [4.69, 9.17) is 5.21 Å². The predicted molar refractivity (Wildman–Crippen MR) is 96.0 cm³/mol. The van der Waals surface area contributed by atoms with Gasteiger partial charge in [-0.25, -0.2) is 15.4 Å². The fraction of sp³-hybridized carbons (Fsp3) is 0.312. The van der Waals surface area contributed by atoms with Crippen molar-refractivity contribution in [1.29, 1.82) is 0 Å². The van der Waals surface area contributed by atoms with Crippen molar-refractivity contribution in [2.75, 3.05) is 22.9 Å². The molecule has 13 heteroatoms. The van der Waals surface area contributed by atoms with Crippen LogP contribution in [0.25, 0.3) is 0 Å². The zero-order valence-corrected chi connectivity index (χ0v) is 15.5. The van der Waals surface area contributed by atoms with Gasteiger partial charge in [0.25, 0.3) is 5.91 Å². The Balaban J connectivity index is 1.52. The number of nitrogens with zero attached hydrogens (tertiary/aromatic N) is 4. The number of hydroxylamine groups is 1. The molecule has 2 N–H and O–H groups in total. The van der Waals surface area contributed by atoms with Crippen molar-refractivity contribution >= 4 is 27.8 Å². The molecule has 7 nitrogen and oxygen atoms in total. The van der Waals surface area contributed by atoms with E-state index in [1.54, 1.807) is 4.90 Å². The second-order valence-electron chi connectivity index (χ2n) is 7.03. The van der Waals surface area contributed by atoms with Crippen molar-refractivity contribution in [3.05, 3.63) is 42.2 Å². The van der Waals surface area contributed by atoms with Gasteiger partial charge in [0.05, 0.1) is 11.6 Å². The zero-order chi connectivity index (χ0) is 21.1. The van der Waals surface area contributed by atoms with E-state index in [-0.39, 0.29) is 23.3 Å². The van der Waals surface area contributed by atoms with E-state index >= 15 is 0 Å².